The maximum atomic E-state index is 9.87. The summed E-state index contributed by atoms with van der Waals surface area (Å²) >= 11 is 0. The Balaban J connectivity index is 4.43. The Kier molecular flexibility index (Phi) is 1.99. The average molecular weight is 155 g/mol. The first-order valence-corrected chi connectivity index (χ1v) is 3.19. The van der Waals surface area contributed by atoms with E-state index in [1.807, 2.05) is 0 Å². The topological polar surface area (TPSA) is 94.9 Å². The molecule has 0 radical (unpaired) electrons. The van der Waals surface area contributed by atoms with Crippen LogP contribution in [-0.2, 0) is 10.3 Å². The highest BCUT2D eigenvalue weighted by Crippen LogP contribution is 1.90. The Labute approximate surface area is 51.6 Å². The molecule has 0 aromatic rings. The highest BCUT2D eigenvalue weighted by atomic mass is 32.2. The third-order valence-corrected chi connectivity index (χ3v) is 1.46. The second kappa shape index (κ2) is 2.19. The molecule has 0 heterocycles. The standard InChI is InChI=1S/C2H5NO5S/c1-3(2(4)5)9(6,7)8/h1H3,(H,4,5)(H,6,7,8). The van der Waals surface area contributed by atoms with Gasteiger partial charge in [0.15, 0.2) is 0 Å². The van der Waals surface area contributed by atoms with Crippen LogP contribution in [0.2, 0.25) is 0 Å². The predicted octanol–water partition coefficient (Wildman–Crippen LogP) is -0.601. The maximum Gasteiger partial charge on any atom is 0.422 e. The number of hydrogen-bond acceptors (Lipinski definition) is 3. The van der Waals surface area contributed by atoms with Crippen molar-refractivity contribution in [2.75, 3.05) is 7.05 Å². The van der Waals surface area contributed by atoms with Crippen LogP contribution in [-0.4, -0.2) is 35.5 Å². The van der Waals surface area contributed by atoms with Crippen LogP contribution in [0.15, 0.2) is 0 Å². The fourth-order valence-electron chi connectivity index (χ4n) is 0.0987. The zero-order chi connectivity index (χ0) is 7.65. The van der Waals surface area contributed by atoms with Crippen LogP contribution in [0, 0.1) is 0 Å². The second-order valence-corrected chi connectivity index (χ2v) is 2.67. The molecule has 0 saturated heterocycles. The van der Waals surface area contributed by atoms with Gasteiger partial charge < -0.3 is 5.11 Å². The molecule has 1 amide bonds. The van der Waals surface area contributed by atoms with Crippen LogP contribution < -0.4 is 0 Å². The molecule has 0 aromatic heterocycles. The molecule has 2 N–H and O–H groups in total. The van der Waals surface area contributed by atoms with E-state index in [9.17, 15) is 13.2 Å². The smallest absolute Gasteiger partial charge is 0.422 e. The van der Waals surface area contributed by atoms with Gasteiger partial charge >= 0.3 is 16.4 Å². The zero-order valence-electron chi connectivity index (χ0n) is 4.47. The molecule has 0 bridgehead atoms. The van der Waals surface area contributed by atoms with Crippen molar-refractivity contribution in [2.24, 2.45) is 0 Å². The molecule has 54 valence electrons. The summed E-state index contributed by atoms with van der Waals surface area (Å²) in [4.78, 5) is 9.73. The summed E-state index contributed by atoms with van der Waals surface area (Å²) in [6, 6.07) is 0. The monoisotopic (exact) mass is 155 g/mol. The van der Waals surface area contributed by atoms with Crippen molar-refractivity contribution in [1.29, 1.82) is 0 Å². The molecule has 0 atom stereocenters. The van der Waals surface area contributed by atoms with Crippen LogP contribution in [0.25, 0.3) is 0 Å². The Morgan fingerprint density at radius 2 is 1.89 bits per heavy atom. The molecule has 0 aliphatic rings. The third-order valence-electron chi connectivity index (χ3n) is 0.615. The molecule has 0 fully saturated rings. The van der Waals surface area contributed by atoms with E-state index in [0.29, 0.717) is 0 Å². The van der Waals surface area contributed by atoms with Gasteiger partial charge in [-0.15, -0.1) is 0 Å². The Hall–Kier alpha value is -0.820. The van der Waals surface area contributed by atoms with Crippen LogP contribution in [0.5, 0.6) is 0 Å². The average Bonchev–Trinajstić information content (AvgIpc) is 1.62. The summed E-state index contributed by atoms with van der Waals surface area (Å²) < 4.78 is 27.5. The minimum absolute atomic E-state index is 0.201. The van der Waals surface area contributed by atoms with Gasteiger partial charge in [0.2, 0.25) is 0 Å². The van der Waals surface area contributed by atoms with Crippen molar-refractivity contribution in [1.82, 2.24) is 4.31 Å². The lowest BCUT2D eigenvalue weighted by Gasteiger charge is -2.05. The number of carboxylic acid groups (broad SMARTS) is 1. The predicted molar refractivity (Wildman–Crippen MR) is 27.3 cm³/mol. The molecule has 0 unspecified atom stereocenters. The number of nitrogens with zero attached hydrogens (tertiary/aromatic N) is 1. The van der Waals surface area contributed by atoms with Gasteiger partial charge in [-0.1, -0.05) is 0 Å². The molecule has 6 nitrogen and oxygen atoms in total. The van der Waals surface area contributed by atoms with Gasteiger partial charge in [0.25, 0.3) is 0 Å². The molecule has 0 aliphatic carbocycles. The maximum absolute atomic E-state index is 9.87. The number of carbonyl (C=O) groups is 1. The van der Waals surface area contributed by atoms with Crippen molar-refractivity contribution in [3.8, 4) is 0 Å². The van der Waals surface area contributed by atoms with E-state index in [-0.39, 0.29) is 4.31 Å². The van der Waals surface area contributed by atoms with Crippen molar-refractivity contribution in [2.45, 2.75) is 0 Å². The molecule has 0 spiro atoms. The summed E-state index contributed by atoms with van der Waals surface area (Å²) in [6.45, 7) is 0. The minimum Gasteiger partial charge on any atom is -0.464 e. The molecule has 0 aliphatic heterocycles. The SMILES string of the molecule is CN(C(=O)O)S(=O)(=O)O. The van der Waals surface area contributed by atoms with Crippen LogP contribution in [0.1, 0.15) is 0 Å². The summed E-state index contributed by atoms with van der Waals surface area (Å²) in [5.74, 6) is 0. The van der Waals surface area contributed by atoms with Crippen molar-refractivity contribution in [3.05, 3.63) is 0 Å². The zero-order valence-corrected chi connectivity index (χ0v) is 5.29. The lowest BCUT2D eigenvalue weighted by Crippen LogP contribution is -2.30. The van der Waals surface area contributed by atoms with Crippen LogP contribution in [0.4, 0.5) is 4.79 Å². The molecule has 0 rings (SSSR count). The van der Waals surface area contributed by atoms with Crippen molar-refractivity contribution in [3.63, 3.8) is 0 Å². The van der Waals surface area contributed by atoms with E-state index in [1.165, 1.54) is 0 Å². The Morgan fingerprint density at radius 1 is 1.56 bits per heavy atom. The van der Waals surface area contributed by atoms with Gasteiger partial charge in [-0.2, -0.15) is 12.7 Å². The highest BCUT2D eigenvalue weighted by molar-refractivity contribution is 7.83. The lowest BCUT2D eigenvalue weighted by molar-refractivity contribution is 0.175. The number of amides is 1. The second-order valence-electron chi connectivity index (χ2n) is 1.23. The first-order chi connectivity index (χ1) is 3.85. The van der Waals surface area contributed by atoms with E-state index in [0.717, 1.165) is 7.05 Å². The van der Waals surface area contributed by atoms with Gasteiger partial charge in [0, 0.05) is 7.05 Å². The van der Waals surface area contributed by atoms with Crippen molar-refractivity contribution >= 4 is 16.4 Å². The van der Waals surface area contributed by atoms with Crippen LogP contribution >= 0.6 is 0 Å². The largest absolute Gasteiger partial charge is 0.464 e. The molecule has 7 heteroatoms. The van der Waals surface area contributed by atoms with E-state index >= 15 is 0 Å². The molecule has 0 saturated carbocycles. The minimum atomic E-state index is -4.57. The fraction of sp³-hybridized carbons (Fsp3) is 0.500. The van der Waals surface area contributed by atoms with Gasteiger partial charge in [-0.05, 0) is 0 Å². The number of rotatable bonds is 1. The molecular weight excluding hydrogens is 150 g/mol. The molecule has 9 heavy (non-hydrogen) atoms. The lowest BCUT2D eigenvalue weighted by atomic mass is 11.1. The van der Waals surface area contributed by atoms with Gasteiger partial charge in [0.1, 0.15) is 0 Å². The number of hydrogen-bond donors (Lipinski definition) is 2. The van der Waals surface area contributed by atoms with Gasteiger partial charge in [-0.3, -0.25) is 4.55 Å². The van der Waals surface area contributed by atoms with E-state index in [2.05, 4.69) is 0 Å². The summed E-state index contributed by atoms with van der Waals surface area (Å²) in [5, 5.41) is 7.90. The summed E-state index contributed by atoms with van der Waals surface area (Å²) in [6.07, 6.45) is -1.72. The molecule has 0 aromatic carbocycles. The fourth-order valence-corrected chi connectivity index (χ4v) is 0.296. The van der Waals surface area contributed by atoms with Gasteiger partial charge in [0.05, 0.1) is 0 Å². The van der Waals surface area contributed by atoms with Gasteiger partial charge in [-0.25, -0.2) is 4.79 Å². The quantitative estimate of drug-likeness (QED) is 0.493. The van der Waals surface area contributed by atoms with Crippen LogP contribution in [0.3, 0.4) is 0 Å². The van der Waals surface area contributed by atoms with E-state index in [4.69, 9.17) is 9.66 Å². The Morgan fingerprint density at radius 3 is 1.89 bits per heavy atom. The first-order valence-electron chi connectivity index (χ1n) is 1.80. The summed E-state index contributed by atoms with van der Waals surface area (Å²) in [7, 11) is -3.85. The molecular formula is C2H5NO5S. The van der Waals surface area contributed by atoms with Crippen molar-refractivity contribution < 1.29 is 22.9 Å². The third kappa shape index (κ3) is 2.29. The van der Waals surface area contributed by atoms with E-state index in [1.54, 1.807) is 0 Å². The summed E-state index contributed by atoms with van der Waals surface area (Å²) in [5.41, 5.74) is 0. The highest BCUT2D eigenvalue weighted by Gasteiger charge is 2.18. The first kappa shape index (κ1) is 8.18. The normalized spacial score (nSPS) is 10.9. The Bertz CT molecular complexity index is 205. The van der Waals surface area contributed by atoms with E-state index < -0.39 is 16.4 Å².